The van der Waals surface area contributed by atoms with Crippen LogP contribution in [0.5, 0.6) is 0 Å². The minimum atomic E-state index is -0.255. The van der Waals surface area contributed by atoms with Gasteiger partial charge in [0.1, 0.15) is 5.82 Å². The molecule has 0 bridgehead atoms. The van der Waals surface area contributed by atoms with Crippen molar-refractivity contribution in [3.05, 3.63) is 93.7 Å². The average molecular weight is 450 g/mol. The molecule has 0 unspecified atom stereocenters. The van der Waals surface area contributed by atoms with E-state index in [-0.39, 0.29) is 5.82 Å². The molecule has 3 aromatic rings. The first-order chi connectivity index (χ1) is 14.2. The molecule has 5 heteroatoms. The van der Waals surface area contributed by atoms with Crippen LogP contribution in [0, 0.1) is 5.82 Å². The van der Waals surface area contributed by atoms with Crippen LogP contribution in [0.4, 0.5) is 4.39 Å². The normalized spacial score (nSPS) is 17.0. The van der Waals surface area contributed by atoms with Crippen LogP contribution in [-0.2, 0) is 0 Å². The summed E-state index contributed by atoms with van der Waals surface area (Å²) in [5.41, 5.74) is 5.97. The van der Waals surface area contributed by atoms with Gasteiger partial charge in [-0.25, -0.2) is 4.39 Å². The van der Waals surface area contributed by atoms with Gasteiger partial charge in [-0.15, -0.1) is 0 Å². The molecule has 1 heterocycles. The Hall–Kier alpha value is -2.50. The van der Waals surface area contributed by atoms with Gasteiger partial charge < -0.3 is 0 Å². The van der Waals surface area contributed by atoms with Gasteiger partial charge in [0.15, 0.2) is 0 Å². The Balaban J connectivity index is 1.32. The lowest BCUT2D eigenvalue weighted by Crippen LogP contribution is -2.45. The van der Waals surface area contributed by atoms with E-state index >= 15 is 0 Å². The molecule has 2 aliphatic rings. The summed E-state index contributed by atoms with van der Waals surface area (Å²) in [7, 11) is 0. The van der Waals surface area contributed by atoms with Crippen LogP contribution >= 0.6 is 15.9 Å². The van der Waals surface area contributed by atoms with Crippen molar-refractivity contribution in [3.63, 3.8) is 0 Å². The van der Waals surface area contributed by atoms with Crippen molar-refractivity contribution in [2.45, 2.75) is 6.04 Å². The molecule has 1 aliphatic carbocycles. The van der Waals surface area contributed by atoms with Crippen LogP contribution in [0.1, 0.15) is 22.7 Å². The van der Waals surface area contributed by atoms with Crippen molar-refractivity contribution in [1.82, 2.24) is 9.91 Å². The highest BCUT2D eigenvalue weighted by Crippen LogP contribution is 2.46. The van der Waals surface area contributed by atoms with E-state index in [9.17, 15) is 4.39 Å². The van der Waals surface area contributed by atoms with E-state index in [0.717, 1.165) is 30.7 Å². The second kappa shape index (κ2) is 7.73. The molecule has 146 valence electrons. The maximum Gasteiger partial charge on any atom is 0.132 e. The molecule has 0 aromatic heterocycles. The molecule has 3 nitrogen and oxygen atoms in total. The average Bonchev–Trinajstić information content (AvgIpc) is 3.09. The van der Waals surface area contributed by atoms with Crippen LogP contribution in [0.2, 0.25) is 0 Å². The van der Waals surface area contributed by atoms with E-state index in [1.54, 1.807) is 18.3 Å². The number of halogens is 2. The summed E-state index contributed by atoms with van der Waals surface area (Å²) in [5.74, 6) is -0.255. The Morgan fingerprint density at radius 2 is 1.48 bits per heavy atom. The minimum Gasteiger partial charge on any atom is -0.294 e. The standard InChI is InChI=1S/C24H21BrFN3/c25-18-9-10-23(26)17(15-18)16-27-29-13-11-28(12-14-29)24-21-7-3-1-5-19(21)20-6-2-4-8-22(20)24/h1-10,15-16,24H,11-14H2/b27-16+. The van der Waals surface area contributed by atoms with Gasteiger partial charge in [0.25, 0.3) is 0 Å². The number of piperazine rings is 1. The summed E-state index contributed by atoms with van der Waals surface area (Å²) in [6.07, 6.45) is 1.62. The second-order valence-electron chi connectivity index (χ2n) is 7.48. The third-order valence-electron chi connectivity index (χ3n) is 5.77. The maximum absolute atomic E-state index is 13.9. The van der Waals surface area contributed by atoms with Gasteiger partial charge in [-0.2, -0.15) is 5.10 Å². The maximum atomic E-state index is 13.9. The predicted octanol–water partition coefficient (Wildman–Crippen LogP) is 5.31. The fraction of sp³-hybridized carbons (Fsp3) is 0.208. The molecule has 1 saturated heterocycles. The molecule has 0 N–H and O–H groups in total. The lowest BCUT2D eigenvalue weighted by molar-refractivity contribution is 0.114. The highest BCUT2D eigenvalue weighted by Gasteiger charge is 2.33. The van der Waals surface area contributed by atoms with Crippen molar-refractivity contribution in [2.75, 3.05) is 26.2 Å². The summed E-state index contributed by atoms with van der Waals surface area (Å²) < 4.78 is 14.8. The lowest BCUT2D eigenvalue weighted by Gasteiger charge is -2.37. The molecule has 0 atom stereocenters. The highest BCUT2D eigenvalue weighted by atomic mass is 79.9. The van der Waals surface area contributed by atoms with Gasteiger partial charge in [-0.1, -0.05) is 64.5 Å². The Morgan fingerprint density at radius 1 is 0.862 bits per heavy atom. The van der Waals surface area contributed by atoms with E-state index < -0.39 is 0 Å². The second-order valence-corrected chi connectivity index (χ2v) is 8.39. The quantitative estimate of drug-likeness (QED) is 0.504. The molecule has 29 heavy (non-hydrogen) atoms. The number of hydrogen-bond donors (Lipinski definition) is 0. The van der Waals surface area contributed by atoms with E-state index in [0.29, 0.717) is 11.6 Å². The fourth-order valence-corrected chi connectivity index (χ4v) is 4.74. The van der Waals surface area contributed by atoms with Crippen molar-refractivity contribution >= 4 is 22.1 Å². The van der Waals surface area contributed by atoms with Crippen LogP contribution in [-0.4, -0.2) is 42.3 Å². The highest BCUT2D eigenvalue weighted by molar-refractivity contribution is 9.10. The van der Waals surface area contributed by atoms with Gasteiger partial charge in [0, 0.05) is 36.2 Å². The SMILES string of the molecule is Fc1ccc(Br)cc1/C=N/N1CCN(C2c3ccccc3-c3ccccc32)CC1. The summed E-state index contributed by atoms with van der Waals surface area (Å²) in [4.78, 5) is 2.54. The summed E-state index contributed by atoms with van der Waals surface area (Å²) in [6, 6.07) is 22.6. The first-order valence-electron chi connectivity index (χ1n) is 9.87. The molecular weight excluding hydrogens is 429 g/mol. The minimum absolute atomic E-state index is 0.255. The van der Waals surface area contributed by atoms with Crippen LogP contribution in [0.15, 0.2) is 76.3 Å². The number of hydrogen-bond acceptors (Lipinski definition) is 3. The number of nitrogens with zero attached hydrogens (tertiary/aromatic N) is 3. The molecule has 5 rings (SSSR count). The number of rotatable bonds is 3. The fourth-order valence-electron chi connectivity index (χ4n) is 4.36. The molecule has 0 saturated carbocycles. The molecule has 1 aliphatic heterocycles. The number of fused-ring (bicyclic) bond motifs is 3. The third-order valence-corrected chi connectivity index (χ3v) is 6.27. The van der Waals surface area contributed by atoms with Crippen LogP contribution in [0.25, 0.3) is 11.1 Å². The van der Waals surface area contributed by atoms with Crippen LogP contribution in [0.3, 0.4) is 0 Å². The van der Waals surface area contributed by atoms with Gasteiger partial charge in [0.2, 0.25) is 0 Å². The Labute approximate surface area is 178 Å². The topological polar surface area (TPSA) is 18.8 Å². The zero-order chi connectivity index (χ0) is 19.8. The van der Waals surface area contributed by atoms with Gasteiger partial charge in [-0.3, -0.25) is 9.91 Å². The molecular formula is C24H21BrFN3. The first-order valence-corrected chi connectivity index (χ1v) is 10.7. The van der Waals surface area contributed by atoms with E-state index in [2.05, 4.69) is 74.5 Å². The summed E-state index contributed by atoms with van der Waals surface area (Å²) >= 11 is 3.39. The van der Waals surface area contributed by atoms with E-state index in [4.69, 9.17) is 0 Å². The van der Waals surface area contributed by atoms with Crippen molar-refractivity contribution in [1.29, 1.82) is 0 Å². The molecule has 0 radical (unpaired) electrons. The number of hydrazone groups is 1. The number of benzene rings is 3. The smallest absolute Gasteiger partial charge is 0.132 e. The van der Waals surface area contributed by atoms with Gasteiger partial charge in [-0.05, 0) is 40.5 Å². The monoisotopic (exact) mass is 449 g/mol. The zero-order valence-corrected chi connectivity index (χ0v) is 17.5. The molecule has 3 aromatic carbocycles. The van der Waals surface area contributed by atoms with Gasteiger partial charge >= 0.3 is 0 Å². The van der Waals surface area contributed by atoms with Crippen LogP contribution < -0.4 is 0 Å². The Morgan fingerprint density at radius 3 is 2.14 bits per heavy atom. The van der Waals surface area contributed by atoms with Crippen molar-refractivity contribution in [2.24, 2.45) is 5.10 Å². The third kappa shape index (κ3) is 3.49. The first kappa shape index (κ1) is 18.5. The van der Waals surface area contributed by atoms with Crippen molar-refractivity contribution < 1.29 is 4.39 Å². The predicted molar refractivity (Wildman–Crippen MR) is 119 cm³/mol. The van der Waals surface area contributed by atoms with Crippen molar-refractivity contribution in [3.8, 4) is 11.1 Å². The largest absolute Gasteiger partial charge is 0.294 e. The molecule has 1 fully saturated rings. The van der Waals surface area contributed by atoms with E-state index in [1.807, 2.05) is 5.01 Å². The molecule has 0 amide bonds. The lowest BCUT2D eigenvalue weighted by atomic mass is 10.0. The Kier molecular flexibility index (Phi) is 4.94. The zero-order valence-electron chi connectivity index (χ0n) is 15.9. The van der Waals surface area contributed by atoms with E-state index in [1.165, 1.54) is 28.3 Å². The summed E-state index contributed by atoms with van der Waals surface area (Å²) in [6.45, 7) is 3.50. The molecule has 0 spiro atoms. The van der Waals surface area contributed by atoms with Gasteiger partial charge in [0.05, 0.1) is 12.3 Å². The summed E-state index contributed by atoms with van der Waals surface area (Å²) in [5, 5.41) is 6.56. The Bertz CT molecular complexity index is 1030.